The van der Waals surface area contributed by atoms with Crippen LogP contribution in [0.1, 0.15) is 47.6 Å². The smallest absolute Gasteiger partial charge is 0.309 e. The van der Waals surface area contributed by atoms with Gasteiger partial charge in [0.05, 0.1) is 18.1 Å². The van der Waals surface area contributed by atoms with Gasteiger partial charge in [0.15, 0.2) is 11.2 Å². The SMILES string of the molecule is Cc1ncnc2c1ncn2[C@H]1C[C@H](O)[C@@H](COc2cccc(CC[C@]3(O)c4ccccc4[C@H](O)C3(F)F)c2)O1. The molecule has 1 aliphatic heterocycles. The third kappa shape index (κ3) is 4.26. The number of aryl methyl sites for hydroxylation is 2. The molecule has 11 heteroatoms. The Morgan fingerprint density at radius 2 is 1.92 bits per heavy atom. The summed E-state index contributed by atoms with van der Waals surface area (Å²) in [7, 11) is 0. The quantitative estimate of drug-likeness (QED) is 0.328. The third-order valence-corrected chi connectivity index (χ3v) is 7.74. The maximum Gasteiger partial charge on any atom is 0.309 e. The maximum absolute atomic E-state index is 15.0. The van der Waals surface area contributed by atoms with Crippen LogP contribution < -0.4 is 4.74 Å². The summed E-state index contributed by atoms with van der Waals surface area (Å²) in [6.07, 6.45) is -0.646. The lowest BCUT2D eigenvalue weighted by molar-refractivity contribution is -0.226. The fourth-order valence-electron chi connectivity index (χ4n) is 5.52. The van der Waals surface area contributed by atoms with Gasteiger partial charge in [0.1, 0.15) is 42.6 Å². The number of aliphatic hydroxyl groups is 3. The highest BCUT2D eigenvalue weighted by Crippen LogP contribution is 2.56. The summed E-state index contributed by atoms with van der Waals surface area (Å²) < 4.78 is 43.6. The predicted octanol–water partition coefficient (Wildman–Crippen LogP) is 3.36. The first-order valence-corrected chi connectivity index (χ1v) is 12.8. The number of halogens is 2. The molecule has 204 valence electrons. The van der Waals surface area contributed by atoms with Gasteiger partial charge in [-0.15, -0.1) is 0 Å². The number of ether oxygens (including phenoxy) is 2. The number of hydrogen-bond acceptors (Lipinski definition) is 8. The van der Waals surface area contributed by atoms with Gasteiger partial charge in [-0.3, -0.25) is 4.57 Å². The van der Waals surface area contributed by atoms with Gasteiger partial charge >= 0.3 is 5.92 Å². The lowest BCUT2D eigenvalue weighted by Crippen LogP contribution is -2.44. The van der Waals surface area contributed by atoms with E-state index in [0.29, 0.717) is 28.9 Å². The van der Waals surface area contributed by atoms with E-state index in [2.05, 4.69) is 15.0 Å². The molecule has 3 heterocycles. The second-order valence-corrected chi connectivity index (χ2v) is 10.1. The molecule has 2 aliphatic rings. The van der Waals surface area contributed by atoms with E-state index in [9.17, 15) is 24.1 Å². The van der Waals surface area contributed by atoms with Crippen molar-refractivity contribution < 1.29 is 33.6 Å². The number of aromatic nitrogens is 4. The molecule has 9 nitrogen and oxygen atoms in total. The predicted molar refractivity (Wildman–Crippen MR) is 135 cm³/mol. The van der Waals surface area contributed by atoms with Crippen LogP contribution in [0.3, 0.4) is 0 Å². The van der Waals surface area contributed by atoms with Gasteiger partial charge in [-0.25, -0.2) is 15.0 Å². The summed E-state index contributed by atoms with van der Waals surface area (Å²) in [5.74, 6) is -3.24. The Morgan fingerprint density at radius 1 is 1.10 bits per heavy atom. The Morgan fingerprint density at radius 3 is 2.77 bits per heavy atom. The Hall–Kier alpha value is -3.51. The van der Waals surface area contributed by atoms with E-state index in [1.54, 1.807) is 47.3 Å². The largest absolute Gasteiger partial charge is 0.491 e. The Kier molecular flexibility index (Phi) is 6.34. The van der Waals surface area contributed by atoms with Crippen molar-refractivity contribution >= 4 is 11.2 Å². The molecule has 6 rings (SSSR count). The Bertz CT molecular complexity index is 1510. The molecule has 4 aromatic rings. The van der Waals surface area contributed by atoms with Gasteiger partial charge in [-0.2, -0.15) is 8.78 Å². The van der Waals surface area contributed by atoms with Crippen LogP contribution >= 0.6 is 0 Å². The van der Waals surface area contributed by atoms with Crippen molar-refractivity contribution in [2.24, 2.45) is 0 Å². The molecular weight excluding hydrogens is 510 g/mol. The number of alkyl halides is 2. The van der Waals surface area contributed by atoms with Crippen molar-refractivity contribution in [3.63, 3.8) is 0 Å². The summed E-state index contributed by atoms with van der Waals surface area (Å²) in [6.45, 7) is 1.92. The highest BCUT2D eigenvalue weighted by molar-refractivity contribution is 5.72. The molecule has 1 fully saturated rings. The summed E-state index contributed by atoms with van der Waals surface area (Å²) in [5, 5.41) is 31.8. The summed E-state index contributed by atoms with van der Waals surface area (Å²) in [4.78, 5) is 12.8. The molecule has 39 heavy (non-hydrogen) atoms. The molecule has 5 atom stereocenters. The number of nitrogens with zero attached hydrogens (tertiary/aromatic N) is 4. The van der Waals surface area contributed by atoms with E-state index in [4.69, 9.17) is 9.47 Å². The molecule has 0 unspecified atom stereocenters. The van der Waals surface area contributed by atoms with Crippen LogP contribution in [0, 0.1) is 6.92 Å². The standard InChI is InChI=1S/C28H28F2N4O5/c1-16-24-26(32-14-31-16)34(15-33-24)23-12-21(35)22(39-23)13-38-18-6-4-5-17(11-18)9-10-27(37)20-8-3-2-7-19(20)25(36)28(27,29)30/h2-8,11,14-15,21-23,25,35-37H,9-10,12-13H2,1H3/t21-,22+,23+,25-,27-/m0/s1. The lowest BCUT2D eigenvalue weighted by atomic mass is 9.86. The normalized spacial score (nSPS) is 27.6. The third-order valence-electron chi connectivity index (χ3n) is 7.74. The number of hydrogen-bond donors (Lipinski definition) is 3. The highest BCUT2D eigenvalue weighted by atomic mass is 19.3. The molecule has 0 saturated carbocycles. The zero-order valence-electron chi connectivity index (χ0n) is 21.1. The number of fused-ring (bicyclic) bond motifs is 2. The van der Waals surface area contributed by atoms with Gasteiger partial charge in [-0.05, 0) is 48.6 Å². The fraction of sp³-hybridized carbons (Fsp3) is 0.393. The van der Waals surface area contributed by atoms with E-state index in [1.807, 2.05) is 6.92 Å². The average molecular weight is 539 g/mol. The zero-order chi connectivity index (χ0) is 27.4. The first-order valence-electron chi connectivity index (χ1n) is 12.8. The number of benzene rings is 2. The van der Waals surface area contributed by atoms with Gasteiger partial charge in [0.25, 0.3) is 0 Å². The van der Waals surface area contributed by atoms with Gasteiger partial charge in [-0.1, -0.05) is 36.4 Å². The van der Waals surface area contributed by atoms with Crippen LogP contribution in [0.4, 0.5) is 8.78 Å². The average Bonchev–Trinajstić information content (AvgIpc) is 3.57. The van der Waals surface area contributed by atoms with Crippen molar-refractivity contribution in [3.05, 3.63) is 83.6 Å². The van der Waals surface area contributed by atoms with E-state index in [-0.39, 0.29) is 30.6 Å². The minimum Gasteiger partial charge on any atom is -0.491 e. The summed E-state index contributed by atoms with van der Waals surface area (Å²) in [5.41, 5.74) is 0.328. The van der Waals surface area contributed by atoms with Crippen LogP contribution in [-0.2, 0) is 16.8 Å². The molecule has 2 aromatic carbocycles. The van der Waals surface area contributed by atoms with Crippen LogP contribution in [-0.4, -0.2) is 59.6 Å². The van der Waals surface area contributed by atoms with Crippen molar-refractivity contribution in [1.82, 2.24) is 19.5 Å². The summed E-state index contributed by atoms with van der Waals surface area (Å²) in [6, 6.07) is 12.9. The second kappa shape index (κ2) is 9.60. The van der Waals surface area contributed by atoms with E-state index < -0.39 is 36.1 Å². The molecule has 0 amide bonds. The lowest BCUT2D eigenvalue weighted by Gasteiger charge is -2.32. The van der Waals surface area contributed by atoms with Gasteiger partial charge in [0.2, 0.25) is 0 Å². The maximum atomic E-state index is 15.0. The first kappa shape index (κ1) is 25.8. The van der Waals surface area contributed by atoms with Crippen molar-refractivity contribution in [1.29, 1.82) is 0 Å². The minimum atomic E-state index is -3.72. The summed E-state index contributed by atoms with van der Waals surface area (Å²) >= 11 is 0. The topological polar surface area (TPSA) is 123 Å². The Labute approximate surface area is 222 Å². The number of rotatable bonds is 7. The van der Waals surface area contributed by atoms with Crippen molar-refractivity contribution in [3.8, 4) is 5.75 Å². The molecule has 0 spiro atoms. The second-order valence-electron chi connectivity index (χ2n) is 10.1. The first-order chi connectivity index (χ1) is 18.7. The zero-order valence-corrected chi connectivity index (χ0v) is 21.1. The number of imidazole rings is 1. The van der Waals surface area contributed by atoms with Crippen LogP contribution in [0.2, 0.25) is 0 Å². The molecular formula is C28H28F2N4O5. The molecule has 3 N–H and O–H groups in total. The van der Waals surface area contributed by atoms with Gasteiger partial charge in [0, 0.05) is 6.42 Å². The van der Waals surface area contributed by atoms with Crippen molar-refractivity contribution in [2.45, 2.75) is 62.2 Å². The van der Waals surface area contributed by atoms with Crippen molar-refractivity contribution in [2.75, 3.05) is 6.61 Å². The minimum absolute atomic E-state index is 0.0433. The van der Waals surface area contributed by atoms with Crippen LogP contribution in [0.5, 0.6) is 5.75 Å². The number of aliphatic hydroxyl groups excluding tert-OH is 2. The fourth-order valence-corrected chi connectivity index (χ4v) is 5.52. The van der Waals surface area contributed by atoms with E-state index in [1.165, 1.54) is 18.5 Å². The monoisotopic (exact) mass is 538 g/mol. The van der Waals surface area contributed by atoms with E-state index >= 15 is 0 Å². The highest BCUT2D eigenvalue weighted by Gasteiger charge is 2.64. The molecule has 0 bridgehead atoms. The van der Waals surface area contributed by atoms with Gasteiger partial charge < -0.3 is 24.8 Å². The molecule has 0 radical (unpaired) electrons. The van der Waals surface area contributed by atoms with Crippen LogP contribution in [0.15, 0.2) is 61.2 Å². The molecule has 1 aliphatic carbocycles. The van der Waals surface area contributed by atoms with Crippen LogP contribution in [0.25, 0.3) is 11.2 Å². The van der Waals surface area contributed by atoms with E-state index in [0.717, 1.165) is 5.69 Å². The molecule has 1 saturated heterocycles. The molecule has 2 aromatic heterocycles. The Balaban J connectivity index is 1.11.